The van der Waals surface area contributed by atoms with Gasteiger partial charge in [-0.2, -0.15) is 9.40 Å². The van der Waals surface area contributed by atoms with E-state index >= 15 is 0 Å². The van der Waals surface area contributed by atoms with Crippen molar-refractivity contribution in [2.24, 2.45) is 0 Å². The molecule has 1 fully saturated rings. The lowest BCUT2D eigenvalue weighted by atomic mass is 10.3. The van der Waals surface area contributed by atoms with Crippen LogP contribution in [-0.4, -0.2) is 35.1 Å². The summed E-state index contributed by atoms with van der Waals surface area (Å²) in [5.41, 5.74) is 5.73. The predicted octanol–water partition coefficient (Wildman–Crippen LogP) is 1.05. The molecule has 102 valence electrons. The summed E-state index contributed by atoms with van der Waals surface area (Å²) in [7, 11) is -3.49. The Kier molecular flexibility index (Phi) is 3.63. The summed E-state index contributed by atoms with van der Waals surface area (Å²) in [5, 5.41) is 4.05. The van der Waals surface area contributed by atoms with Crippen molar-refractivity contribution < 1.29 is 8.42 Å². The monoisotopic (exact) mass is 272 g/mol. The fraction of sp³-hybridized carbons (Fsp3) is 0.727. The number of rotatable bonds is 4. The van der Waals surface area contributed by atoms with E-state index < -0.39 is 10.0 Å². The molecule has 6 nitrogen and oxygen atoms in total. The topological polar surface area (TPSA) is 81.2 Å². The Labute approximate surface area is 108 Å². The normalized spacial score (nSPS) is 21.6. The molecule has 0 aromatic carbocycles. The van der Waals surface area contributed by atoms with Crippen LogP contribution in [0.3, 0.4) is 0 Å². The van der Waals surface area contributed by atoms with Crippen LogP contribution in [0, 0.1) is 0 Å². The summed E-state index contributed by atoms with van der Waals surface area (Å²) in [6.07, 6.45) is 4.24. The molecule has 7 heteroatoms. The Hall–Kier alpha value is -1.08. The lowest BCUT2D eigenvalue weighted by Crippen LogP contribution is -2.33. The van der Waals surface area contributed by atoms with Crippen LogP contribution in [0.15, 0.2) is 11.1 Å². The van der Waals surface area contributed by atoms with Crippen molar-refractivity contribution in [3.63, 3.8) is 0 Å². The van der Waals surface area contributed by atoms with Gasteiger partial charge in [-0.05, 0) is 26.2 Å². The minimum atomic E-state index is -3.49. The average molecular weight is 272 g/mol. The van der Waals surface area contributed by atoms with Crippen LogP contribution in [0.5, 0.6) is 0 Å². The molecule has 1 unspecified atom stereocenters. The zero-order valence-electron chi connectivity index (χ0n) is 10.8. The molecule has 0 bridgehead atoms. The highest BCUT2D eigenvalue weighted by Crippen LogP contribution is 2.28. The SMILES string of the molecule is CCCn1cc(S(=O)(=O)N2CCCC2C)c(N)n1. The van der Waals surface area contributed by atoms with E-state index in [1.807, 2.05) is 13.8 Å². The van der Waals surface area contributed by atoms with Crippen LogP contribution in [0.4, 0.5) is 5.82 Å². The van der Waals surface area contributed by atoms with E-state index in [1.165, 1.54) is 4.31 Å². The first-order chi connectivity index (χ1) is 8.46. The standard InChI is InChI=1S/C11H20N4O2S/c1-3-6-14-8-10(11(12)13-14)18(16,17)15-7-4-5-9(15)2/h8-9H,3-7H2,1-2H3,(H2,12,13). The number of nitrogens with zero attached hydrogens (tertiary/aromatic N) is 3. The Balaban J connectivity index is 2.35. The number of anilines is 1. The molecular formula is C11H20N4O2S. The highest BCUT2D eigenvalue weighted by Gasteiger charge is 2.35. The van der Waals surface area contributed by atoms with Gasteiger partial charge in [-0.15, -0.1) is 0 Å². The third-order valence-corrected chi connectivity index (χ3v) is 5.32. The largest absolute Gasteiger partial charge is 0.381 e. The van der Waals surface area contributed by atoms with Crippen LogP contribution in [0.1, 0.15) is 33.1 Å². The van der Waals surface area contributed by atoms with Crippen LogP contribution < -0.4 is 5.73 Å². The van der Waals surface area contributed by atoms with Gasteiger partial charge in [-0.1, -0.05) is 6.92 Å². The van der Waals surface area contributed by atoms with Gasteiger partial charge in [0, 0.05) is 25.3 Å². The highest BCUT2D eigenvalue weighted by molar-refractivity contribution is 7.89. The summed E-state index contributed by atoms with van der Waals surface area (Å²) in [4.78, 5) is 0.143. The van der Waals surface area contributed by atoms with Gasteiger partial charge >= 0.3 is 0 Å². The van der Waals surface area contributed by atoms with Crippen molar-refractivity contribution in [2.75, 3.05) is 12.3 Å². The number of hydrogen-bond acceptors (Lipinski definition) is 4. The third-order valence-electron chi connectivity index (χ3n) is 3.29. The molecule has 0 amide bonds. The number of hydrogen-bond donors (Lipinski definition) is 1. The van der Waals surface area contributed by atoms with Crippen molar-refractivity contribution in [3.8, 4) is 0 Å². The molecule has 2 N–H and O–H groups in total. The molecule has 1 saturated heterocycles. The molecule has 1 aromatic rings. The van der Waals surface area contributed by atoms with Crippen LogP contribution in [0.2, 0.25) is 0 Å². The lowest BCUT2D eigenvalue weighted by molar-refractivity contribution is 0.408. The van der Waals surface area contributed by atoms with Gasteiger partial charge in [0.15, 0.2) is 5.82 Å². The fourth-order valence-electron chi connectivity index (χ4n) is 2.35. The summed E-state index contributed by atoms with van der Waals surface area (Å²) in [5.74, 6) is 0.0996. The smallest absolute Gasteiger partial charge is 0.248 e. The second-order valence-electron chi connectivity index (χ2n) is 4.75. The van der Waals surface area contributed by atoms with Crippen LogP contribution in [0.25, 0.3) is 0 Å². The van der Waals surface area contributed by atoms with Crippen LogP contribution in [-0.2, 0) is 16.6 Å². The Morgan fingerprint density at radius 3 is 2.83 bits per heavy atom. The molecule has 0 aliphatic carbocycles. The van der Waals surface area contributed by atoms with Gasteiger partial charge < -0.3 is 5.73 Å². The Morgan fingerprint density at radius 1 is 1.56 bits per heavy atom. The minimum absolute atomic E-state index is 0.0453. The number of aryl methyl sites for hydroxylation is 1. The number of nitrogens with two attached hydrogens (primary N) is 1. The predicted molar refractivity (Wildman–Crippen MR) is 69.5 cm³/mol. The lowest BCUT2D eigenvalue weighted by Gasteiger charge is -2.19. The summed E-state index contributed by atoms with van der Waals surface area (Å²) < 4.78 is 28.1. The van der Waals surface area contributed by atoms with E-state index in [4.69, 9.17) is 5.73 Å². The van der Waals surface area contributed by atoms with Gasteiger partial charge in [-0.25, -0.2) is 8.42 Å². The third kappa shape index (κ3) is 2.24. The molecule has 0 saturated carbocycles. The number of aromatic nitrogens is 2. The summed E-state index contributed by atoms with van der Waals surface area (Å²) in [6.45, 7) is 5.18. The maximum atomic E-state index is 12.5. The number of nitrogen functional groups attached to an aromatic ring is 1. The van der Waals surface area contributed by atoms with E-state index in [2.05, 4.69) is 5.10 Å². The second-order valence-corrected chi connectivity index (χ2v) is 6.61. The van der Waals surface area contributed by atoms with Gasteiger partial charge in [0.2, 0.25) is 10.0 Å². The fourth-order valence-corrected chi connectivity index (χ4v) is 4.11. The molecular weight excluding hydrogens is 252 g/mol. The molecule has 0 spiro atoms. The van der Waals surface area contributed by atoms with Crippen molar-refractivity contribution in [1.82, 2.24) is 14.1 Å². The Morgan fingerprint density at radius 2 is 2.28 bits per heavy atom. The van der Waals surface area contributed by atoms with E-state index in [-0.39, 0.29) is 16.8 Å². The molecule has 2 heterocycles. The van der Waals surface area contributed by atoms with Crippen molar-refractivity contribution in [1.29, 1.82) is 0 Å². The van der Waals surface area contributed by atoms with E-state index in [9.17, 15) is 8.42 Å². The van der Waals surface area contributed by atoms with Crippen molar-refractivity contribution in [2.45, 2.75) is 50.6 Å². The average Bonchev–Trinajstić information content (AvgIpc) is 2.86. The zero-order chi connectivity index (χ0) is 13.3. The zero-order valence-corrected chi connectivity index (χ0v) is 11.7. The van der Waals surface area contributed by atoms with E-state index in [1.54, 1.807) is 10.9 Å². The molecule has 1 aliphatic rings. The quantitative estimate of drug-likeness (QED) is 0.888. The maximum Gasteiger partial charge on any atom is 0.248 e. The molecule has 1 atom stereocenters. The Bertz CT molecular complexity index is 523. The maximum absolute atomic E-state index is 12.5. The first kappa shape index (κ1) is 13.4. The van der Waals surface area contributed by atoms with E-state index in [0.29, 0.717) is 13.1 Å². The first-order valence-electron chi connectivity index (χ1n) is 6.31. The van der Waals surface area contributed by atoms with E-state index in [0.717, 1.165) is 19.3 Å². The molecule has 0 radical (unpaired) electrons. The molecule has 18 heavy (non-hydrogen) atoms. The van der Waals surface area contributed by atoms with Crippen molar-refractivity contribution >= 4 is 15.8 Å². The van der Waals surface area contributed by atoms with Crippen LogP contribution >= 0.6 is 0 Å². The molecule has 1 aromatic heterocycles. The minimum Gasteiger partial charge on any atom is -0.381 e. The molecule has 2 rings (SSSR count). The van der Waals surface area contributed by atoms with Gasteiger partial charge in [0.05, 0.1) is 0 Å². The van der Waals surface area contributed by atoms with Gasteiger partial charge in [0.1, 0.15) is 4.90 Å². The van der Waals surface area contributed by atoms with Gasteiger partial charge in [0.25, 0.3) is 0 Å². The second kappa shape index (κ2) is 4.89. The first-order valence-corrected chi connectivity index (χ1v) is 7.75. The molecule has 1 aliphatic heterocycles. The number of sulfonamides is 1. The summed E-state index contributed by atoms with van der Waals surface area (Å²) >= 11 is 0. The van der Waals surface area contributed by atoms with Gasteiger partial charge in [-0.3, -0.25) is 4.68 Å². The van der Waals surface area contributed by atoms with Crippen molar-refractivity contribution in [3.05, 3.63) is 6.20 Å². The highest BCUT2D eigenvalue weighted by atomic mass is 32.2. The summed E-state index contributed by atoms with van der Waals surface area (Å²) in [6, 6.07) is 0.0453.